The molecule has 1 saturated carbocycles. The number of anilines is 1. The van der Waals surface area contributed by atoms with Crippen molar-refractivity contribution in [2.24, 2.45) is 17.3 Å². The van der Waals surface area contributed by atoms with Crippen LogP contribution in [0.25, 0.3) is 32.8 Å². The van der Waals surface area contributed by atoms with Gasteiger partial charge in [-0.3, -0.25) is 0 Å². The molecule has 9 rings (SSSR count). The molecule has 4 aliphatic heterocycles. The van der Waals surface area contributed by atoms with Crippen LogP contribution in [0, 0.1) is 49.3 Å². The number of likely N-dealkylation sites (tertiary alicyclic amines) is 1. The molecule has 2 unspecified atom stereocenters. The number of benzene rings is 3. The minimum atomic E-state index is -0.458. The molecule has 5 aliphatic rings. The molecular formula is C39H42FN5O3. The average Bonchev–Trinajstić information content (AvgIpc) is 3.31. The summed E-state index contributed by atoms with van der Waals surface area (Å²) >= 11 is 0. The summed E-state index contributed by atoms with van der Waals surface area (Å²) in [5.74, 6) is 4.43. The van der Waals surface area contributed by atoms with E-state index in [1.165, 1.54) is 0 Å². The Kier molecular flexibility index (Phi) is 7.09. The lowest BCUT2D eigenvalue weighted by Gasteiger charge is -2.34. The molecule has 3 aromatic carbocycles. The number of terminal acetylenes is 1. The van der Waals surface area contributed by atoms with Crippen molar-refractivity contribution in [2.75, 3.05) is 57.4 Å². The molecule has 248 valence electrons. The number of ether oxygens (including phenoxy) is 2. The first-order chi connectivity index (χ1) is 23.3. The number of nitrogens with zero attached hydrogens (tertiary/aromatic N) is 4. The molecular weight excluding hydrogens is 605 g/mol. The van der Waals surface area contributed by atoms with Gasteiger partial charge in [0.2, 0.25) is 0 Å². The molecule has 8 nitrogen and oxygen atoms in total. The maximum atomic E-state index is 17.2. The predicted molar refractivity (Wildman–Crippen MR) is 185 cm³/mol. The third kappa shape index (κ3) is 5.08. The highest BCUT2D eigenvalue weighted by Crippen LogP contribution is 2.48. The van der Waals surface area contributed by atoms with Crippen molar-refractivity contribution in [3.63, 3.8) is 0 Å². The summed E-state index contributed by atoms with van der Waals surface area (Å²) in [7, 11) is 0. The Bertz CT molecular complexity index is 1980. The molecule has 48 heavy (non-hydrogen) atoms. The number of phenols is 1. The van der Waals surface area contributed by atoms with Crippen LogP contribution in [0.5, 0.6) is 11.8 Å². The van der Waals surface area contributed by atoms with E-state index in [1.807, 2.05) is 32.0 Å². The van der Waals surface area contributed by atoms with Crippen LogP contribution in [0.15, 0.2) is 30.3 Å². The van der Waals surface area contributed by atoms with Gasteiger partial charge < -0.3 is 29.7 Å². The second-order valence-corrected chi connectivity index (χ2v) is 15.2. The van der Waals surface area contributed by atoms with E-state index in [1.54, 1.807) is 12.1 Å². The smallest absolute Gasteiger partial charge is 0.319 e. The minimum absolute atomic E-state index is 0.0517. The summed E-state index contributed by atoms with van der Waals surface area (Å²) in [5.41, 5.74) is 3.57. The van der Waals surface area contributed by atoms with E-state index < -0.39 is 5.82 Å². The van der Waals surface area contributed by atoms with Crippen molar-refractivity contribution in [1.82, 2.24) is 20.2 Å². The number of phenolic OH excluding ortho intramolecular Hbond substituents is 1. The average molecular weight is 648 g/mol. The second-order valence-electron chi connectivity index (χ2n) is 15.2. The van der Waals surface area contributed by atoms with E-state index in [-0.39, 0.29) is 22.7 Å². The van der Waals surface area contributed by atoms with Crippen LogP contribution in [-0.4, -0.2) is 84.6 Å². The zero-order valence-electron chi connectivity index (χ0n) is 27.7. The molecule has 0 amide bonds. The topological polar surface area (TPSA) is 83.0 Å². The molecule has 2 bridgehead atoms. The molecule has 4 aromatic rings. The van der Waals surface area contributed by atoms with Gasteiger partial charge in [0.05, 0.1) is 19.8 Å². The molecule has 5 fully saturated rings. The number of halogens is 1. The highest BCUT2D eigenvalue weighted by molar-refractivity contribution is 6.05. The summed E-state index contributed by atoms with van der Waals surface area (Å²) in [6, 6.07) is 10.1. The van der Waals surface area contributed by atoms with E-state index in [0.29, 0.717) is 52.6 Å². The van der Waals surface area contributed by atoms with Crippen molar-refractivity contribution in [1.29, 1.82) is 0 Å². The van der Waals surface area contributed by atoms with E-state index in [0.717, 1.165) is 99.3 Å². The van der Waals surface area contributed by atoms with Crippen LogP contribution in [0.1, 0.15) is 42.4 Å². The number of rotatable bonds is 7. The first kappa shape index (κ1) is 30.1. The molecule has 0 spiro atoms. The van der Waals surface area contributed by atoms with Gasteiger partial charge in [-0.2, -0.15) is 9.97 Å². The molecule has 0 radical (unpaired) electrons. The predicted octanol–water partition coefficient (Wildman–Crippen LogP) is 5.57. The van der Waals surface area contributed by atoms with Gasteiger partial charge in [-0.1, -0.05) is 18.1 Å². The maximum absolute atomic E-state index is 17.2. The minimum Gasteiger partial charge on any atom is -0.508 e. The van der Waals surface area contributed by atoms with Crippen molar-refractivity contribution < 1.29 is 19.0 Å². The van der Waals surface area contributed by atoms with Crippen LogP contribution < -0.4 is 15.0 Å². The molecule has 9 heteroatoms. The monoisotopic (exact) mass is 647 g/mol. The number of nitrogens with one attached hydrogen (secondary N) is 1. The Hall–Kier alpha value is -3.97. The molecule has 4 saturated heterocycles. The van der Waals surface area contributed by atoms with Gasteiger partial charge in [-0.05, 0) is 79.8 Å². The summed E-state index contributed by atoms with van der Waals surface area (Å²) in [6.07, 6.45) is 10.5. The third-order valence-corrected chi connectivity index (χ3v) is 11.7. The number of aromatic hydroxyl groups is 1. The van der Waals surface area contributed by atoms with Gasteiger partial charge in [-0.25, -0.2) is 4.39 Å². The fraction of sp³-hybridized carbons (Fsp3) is 0.487. The Labute approximate surface area is 280 Å². The fourth-order valence-corrected chi connectivity index (χ4v) is 8.99. The summed E-state index contributed by atoms with van der Waals surface area (Å²) < 4.78 is 29.4. The molecule has 1 aromatic heterocycles. The lowest BCUT2D eigenvalue weighted by atomic mass is 9.89. The van der Waals surface area contributed by atoms with Crippen LogP contribution in [0.2, 0.25) is 0 Å². The van der Waals surface area contributed by atoms with Crippen molar-refractivity contribution in [3.8, 4) is 35.2 Å². The quantitative estimate of drug-likeness (QED) is 0.252. The Balaban J connectivity index is 1.13. The van der Waals surface area contributed by atoms with Crippen molar-refractivity contribution in [3.05, 3.63) is 52.8 Å². The number of hydrogen-bond donors (Lipinski definition) is 2. The summed E-state index contributed by atoms with van der Waals surface area (Å²) in [6.45, 7) is 10.9. The Morgan fingerprint density at radius 2 is 1.79 bits per heavy atom. The van der Waals surface area contributed by atoms with Crippen molar-refractivity contribution in [2.45, 2.75) is 51.6 Å². The molecule has 5 heterocycles. The Morgan fingerprint density at radius 3 is 2.50 bits per heavy atom. The second kappa shape index (κ2) is 11.3. The highest BCUT2D eigenvalue weighted by atomic mass is 19.1. The van der Waals surface area contributed by atoms with Gasteiger partial charge >= 0.3 is 6.01 Å². The summed E-state index contributed by atoms with van der Waals surface area (Å²) in [5, 5.41) is 16.7. The first-order valence-corrected chi connectivity index (χ1v) is 17.5. The van der Waals surface area contributed by atoms with Gasteiger partial charge in [0.15, 0.2) is 5.82 Å². The molecule has 4 atom stereocenters. The van der Waals surface area contributed by atoms with Gasteiger partial charge in [0.1, 0.15) is 17.1 Å². The van der Waals surface area contributed by atoms with E-state index in [4.69, 9.17) is 25.9 Å². The zero-order valence-corrected chi connectivity index (χ0v) is 27.7. The van der Waals surface area contributed by atoms with Crippen molar-refractivity contribution >= 4 is 27.5 Å². The van der Waals surface area contributed by atoms with Gasteiger partial charge in [0.25, 0.3) is 0 Å². The summed E-state index contributed by atoms with van der Waals surface area (Å²) in [4.78, 5) is 14.7. The number of aromatic nitrogens is 2. The fourth-order valence-electron chi connectivity index (χ4n) is 8.99. The highest BCUT2D eigenvalue weighted by Gasteiger charge is 2.48. The van der Waals surface area contributed by atoms with Crippen LogP contribution >= 0.6 is 0 Å². The zero-order chi connectivity index (χ0) is 32.7. The number of hydrogen-bond acceptors (Lipinski definition) is 8. The van der Waals surface area contributed by atoms with E-state index >= 15 is 4.39 Å². The largest absolute Gasteiger partial charge is 0.508 e. The third-order valence-electron chi connectivity index (χ3n) is 11.7. The van der Waals surface area contributed by atoms with Gasteiger partial charge in [-0.15, -0.1) is 6.42 Å². The van der Waals surface area contributed by atoms with Crippen LogP contribution in [-0.2, 0) is 4.74 Å². The first-order valence-electron chi connectivity index (χ1n) is 17.5. The van der Waals surface area contributed by atoms with E-state index in [9.17, 15) is 5.11 Å². The number of piperazine rings is 1. The number of aryl methyl sites for hydroxylation is 2. The maximum Gasteiger partial charge on any atom is 0.319 e. The normalized spacial score (nSPS) is 25.9. The van der Waals surface area contributed by atoms with E-state index in [2.05, 4.69) is 21.0 Å². The molecule has 2 N–H and O–H groups in total. The van der Waals surface area contributed by atoms with Gasteiger partial charge in [0, 0.05) is 84.0 Å². The lowest BCUT2D eigenvalue weighted by Crippen LogP contribution is -2.51. The Morgan fingerprint density at radius 1 is 1.04 bits per heavy atom. The SMILES string of the molecule is C#Cc1c(C)ccc2cc(O)cc(-c3c(C)cc4c(N5CC6CCC(C5)N6)nc(OCC5(CN6C[C@H]7COC[C@H]7C6)CC5)nc4c3F)c12. The van der Waals surface area contributed by atoms with Crippen LogP contribution in [0.3, 0.4) is 0 Å². The molecule has 1 aliphatic carbocycles. The van der Waals surface area contributed by atoms with Crippen LogP contribution in [0.4, 0.5) is 10.2 Å². The number of fused-ring (bicyclic) bond motifs is 5. The lowest BCUT2D eigenvalue weighted by molar-refractivity contribution is 0.131. The standard InChI is InChI=1S/C39H42FN5O3/c1-4-30-22(2)5-6-24-12-29(46)13-31(34(24)30)33-23(3)11-32-36(35(33)40)42-38(43-37(32)45-16-27-7-8-28(17-45)41-27)48-21-39(9-10-39)20-44-14-25-18-47-19-26(25)15-44/h1,5-6,11-13,25-28,41,46H,7-10,14-21H2,2-3H3/t25-,26+,27?,28?.